The average Bonchev–Trinajstić information content (AvgIpc) is 3.06. The van der Waals surface area contributed by atoms with Crippen molar-refractivity contribution < 1.29 is 4.79 Å². The lowest BCUT2D eigenvalue weighted by atomic mass is 9.67. The monoisotopic (exact) mass is 362 g/mol. The lowest BCUT2D eigenvalue weighted by molar-refractivity contribution is -0.127. The molecule has 6 heteroatoms. The highest BCUT2D eigenvalue weighted by Gasteiger charge is 2.42. The van der Waals surface area contributed by atoms with Crippen LogP contribution in [0.15, 0.2) is 24.3 Å². The molecule has 2 aliphatic carbocycles. The van der Waals surface area contributed by atoms with Gasteiger partial charge in [-0.25, -0.2) is 5.43 Å². The molecule has 1 aromatic carbocycles. The van der Waals surface area contributed by atoms with E-state index in [1.807, 2.05) is 24.3 Å². The van der Waals surface area contributed by atoms with Gasteiger partial charge in [-0.2, -0.15) is 0 Å². The highest BCUT2D eigenvalue weighted by atomic mass is 35.5. The summed E-state index contributed by atoms with van der Waals surface area (Å²) < 4.78 is 0. The zero-order chi connectivity index (χ0) is 17.4. The third-order valence-corrected chi connectivity index (χ3v) is 6.49. The first kappa shape index (κ1) is 17.3. The molecule has 0 radical (unpaired) electrons. The Balaban J connectivity index is 1.46. The highest BCUT2D eigenvalue weighted by Crippen LogP contribution is 2.40. The van der Waals surface area contributed by atoms with Crippen LogP contribution in [0.1, 0.15) is 43.7 Å². The van der Waals surface area contributed by atoms with Crippen molar-refractivity contribution in [3.8, 4) is 0 Å². The Morgan fingerprint density at radius 2 is 1.84 bits per heavy atom. The number of hydrogen-bond donors (Lipinski definition) is 4. The summed E-state index contributed by atoms with van der Waals surface area (Å²) in [5.41, 5.74) is 13.7. The molecule has 0 aromatic heterocycles. The van der Waals surface area contributed by atoms with Crippen molar-refractivity contribution in [1.82, 2.24) is 16.2 Å². The summed E-state index contributed by atoms with van der Waals surface area (Å²) in [5.74, 6) is 1.12. The molecule has 2 saturated carbocycles. The van der Waals surface area contributed by atoms with Gasteiger partial charge in [0.2, 0.25) is 5.91 Å². The predicted molar refractivity (Wildman–Crippen MR) is 98.8 cm³/mol. The number of nitrogens with one attached hydrogen (secondary N) is 3. The van der Waals surface area contributed by atoms with Crippen LogP contribution in [0.3, 0.4) is 0 Å². The maximum atomic E-state index is 13.0. The molecule has 0 spiro atoms. The second kappa shape index (κ2) is 7.23. The largest absolute Gasteiger partial charge is 0.352 e. The summed E-state index contributed by atoms with van der Waals surface area (Å²) in [6, 6.07) is 8.30. The molecule has 1 amide bonds. The minimum atomic E-state index is -0.113. The van der Waals surface area contributed by atoms with E-state index in [1.165, 1.54) is 19.3 Å². The molecule has 25 heavy (non-hydrogen) atoms. The molecule has 4 atom stereocenters. The molecule has 4 unspecified atom stereocenters. The standard InChI is InChI=1S/C19H27ClN4O/c20-14-6-4-11(5-7-14)18-16(10-22-24-18)19(25)23-17-12-2-1-3-13(17)9-15(21)8-12/h4-7,12-13,15-18,22,24H,1-3,8-10,21H2,(H,23,25). The molecule has 3 aliphatic rings. The Bertz CT molecular complexity index is 608. The van der Waals surface area contributed by atoms with Crippen molar-refractivity contribution in [2.45, 2.75) is 50.2 Å². The summed E-state index contributed by atoms with van der Waals surface area (Å²) >= 11 is 5.99. The molecule has 1 aliphatic heterocycles. The smallest absolute Gasteiger partial charge is 0.226 e. The van der Waals surface area contributed by atoms with Crippen LogP contribution in [-0.4, -0.2) is 24.5 Å². The number of rotatable bonds is 3. The van der Waals surface area contributed by atoms with Crippen molar-refractivity contribution in [3.05, 3.63) is 34.9 Å². The van der Waals surface area contributed by atoms with E-state index < -0.39 is 0 Å². The summed E-state index contributed by atoms with van der Waals surface area (Å²) in [4.78, 5) is 13.0. The minimum absolute atomic E-state index is 0.0250. The molecule has 1 aromatic rings. The Morgan fingerprint density at radius 3 is 2.52 bits per heavy atom. The molecular weight excluding hydrogens is 336 g/mol. The van der Waals surface area contributed by atoms with Crippen molar-refractivity contribution in [1.29, 1.82) is 0 Å². The summed E-state index contributed by atoms with van der Waals surface area (Å²) in [6.45, 7) is 0.640. The Kier molecular flexibility index (Phi) is 5.00. The van der Waals surface area contributed by atoms with Gasteiger partial charge in [0.1, 0.15) is 0 Å². The summed E-state index contributed by atoms with van der Waals surface area (Å²) in [5, 5.41) is 4.10. The van der Waals surface area contributed by atoms with Crippen LogP contribution < -0.4 is 21.9 Å². The number of carbonyl (C=O) groups excluding carboxylic acids is 1. The van der Waals surface area contributed by atoms with Gasteiger partial charge in [0, 0.05) is 23.7 Å². The van der Waals surface area contributed by atoms with Crippen LogP contribution in [0.2, 0.25) is 5.02 Å². The van der Waals surface area contributed by atoms with Crippen molar-refractivity contribution in [2.75, 3.05) is 6.54 Å². The molecule has 3 fully saturated rings. The van der Waals surface area contributed by atoms with Crippen LogP contribution in [0.4, 0.5) is 0 Å². The first-order valence-electron chi connectivity index (χ1n) is 9.41. The maximum absolute atomic E-state index is 13.0. The number of benzene rings is 1. The molecule has 1 saturated heterocycles. The lowest BCUT2D eigenvalue weighted by Crippen LogP contribution is -2.55. The van der Waals surface area contributed by atoms with Gasteiger partial charge in [0.15, 0.2) is 0 Å². The zero-order valence-electron chi connectivity index (χ0n) is 14.4. The lowest BCUT2D eigenvalue weighted by Gasteiger charge is -2.45. The van der Waals surface area contributed by atoms with E-state index in [4.69, 9.17) is 17.3 Å². The van der Waals surface area contributed by atoms with Crippen molar-refractivity contribution in [2.24, 2.45) is 23.5 Å². The maximum Gasteiger partial charge on any atom is 0.226 e. The number of hydrogen-bond acceptors (Lipinski definition) is 4. The molecule has 5 nitrogen and oxygen atoms in total. The van der Waals surface area contributed by atoms with Gasteiger partial charge < -0.3 is 11.1 Å². The quantitative estimate of drug-likeness (QED) is 0.664. The van der Waals surface area contributed by atoms with Gasteiger partial charge in [-0.15, -0.1) is 0 Å². The average molecular weight is 363 g/mol. The fourth-order valence-corrected chi connectivity index (χ4v) is 5.15. The second-order valence-corrected chi connectivity index (χ2v) is 8.31. The normalized spacial score (nSPS) is 37.7. The number of fused-ring (bicyclic) bond motifs is 2. The van der Waals surface area contributed by atoms with Crippen molar-refractivity contribution in [3.63, 3.8) is 0 Å². The SMILES string of the molecule is NC1CC2CCCC(C1)C2NC(=O)C1CNNC1c1ccc(Cl)cc1. The van der Waals surface area contributed by atoms with Crippen LogP contribution >= 0.6 is 11.6 Å². The van der Waals surface area contributed by atoms with Crippen LogP contribution in [0.25, 0.3) is 0 Å². The summed E-state index contributed by atoms with van der Waals surface area (Å²) in [7, 11) is 0. The van der Waals surface area contributed by atoms with E-state index >= 15 is 0 Å². The van der Waals surface area contributed by atoms with E-state index in [2.05, 4.69) is 16.2 Å². The van der Waals surface area contributed by atoms with Gasteiger partial charge in [0.25, 0.3) is 0 Å². The van der Waals surface area contributed by atoms with Gasteiger partial charge in [-0.05, 0) is 55.2 Å². The van der Waals surface area contributed by atoms with E-state index in [0.29, 0.717) is 35.5 Å². The highest BCUT2D eigenvalue weighted by molar-refractivity contribution is 6.30. The fraction of sp³-hybridized carbons (Fsp3) is 0.632. The third kappa shape index (κ3) is 3.56. The molecule has 5 N–H and O–H groups in total. The van der Waals surface area contributed by atoms with E-state index in [1.54, 1.807) is 0 Å². The predicted octanol–water partition coefficient (Wildman–Crippen LogP) is 2.13. The van der Waals surface area contributed by atoms with Gasteiger partial charge in [-0.1, -0.05) is 30.2 Å². The Hall–Kier alpha value is -1.14. The minimum Gasteiger partial charge on any atom is -0.352 e. The third-order valence-electron chi connectivity index (χ3n) is 6.23. The molecule has 4 rings (SSSR count). The van der Waals surface area contributed by atoms with E-state index in [-0.39, 0.29) is 17.9 Å². The van der Waals surface area contributed by atoms with Gasteiger partial charge in [0.05, 0.1) is 12.0 Å². The Labute approximate surface area is 154 Å². The first-order chi connectivity index (χ1) is 12.1. The molecule has 1 heterocycles. The fourth-order valence-electron chi connectivity index (χ4n) is 5.02. The topological polar surface area (TPSA) is 79.2 Å². The van der Waals surface area contributed by atoms with E-state index in [9.17, 15) is 4.79 Å². The number of amides is 1. The van der Waals surface area contributed by atoms with E-state index in [0.717, 1.165) is 18.4 Å². The van der Waals surface area contributed by atoms with Crippen LogP contribution in [0, 0.1) is 17.8 Å². The van der Waals surface area contributed by atoms with Crippen LogP contribution in [0.5, 0.6) is 0 Å². The van der Waals surface area contributed by atoms with Gasteiger partial charge in [-0.3, -0.25) is 10.2 Å². The Morgan fingerprint density at radius 1 is 1.16 bits per heavy atom. The number of hydrazine groups is 1. The second-order valence-electron chi connectivity index (χ2n) is 7.88. The number of halogens is 1. The summed E-state index contributed by atoms with van der Waals surface area (Å²) in [6.07, 6.45) is 5.74. The molecule has 2 bridgehead atoms. The number of nitrogens with two attached hydrogens (primary N) is 1. The molecule has 136 valence electrons. The van der Waals surface area contributed by atoms with Crippen molar-refractivity contribution >= 4 is 17.5 Å². The molecular formula is C19H27ClN4O. The van der Waals surface area contributed by atoms with Gasteiger partial charge >= 0.3 is 0 Å². The van der Waals surface area contributed by atoms with Crippen LogP contribution in [-0.2, 0) is 4.79 Å². The zero-order valence-corrected chi connectivity index (χ0v) is 15.1. The first-order valence-corrected chi connectivity index (χ1v) is 9.79. The number of carbonyl (C=O) groups is 1.